The van der Waals surface area contributed by atoms with E-state index in [-0.39, 0.29) is 11.9 Å². The van der Waals surface area contributed by atoms with E-state index in [0.717, 1.165) is 31.7 Å². The number of hydrogen-bond acceptors (Lipinski definition) is 5. The molecule has 0 spiro atoms. The Kier molecular flexibility index (Phi) is 3.02. The molecule has 0 bridgehead atoms. The molecule has 0 aromatic carbocycles. The number of aliphatic hydroxyl groups excluding tert-OH is 1. The van der Waals surface area contributed by atoms with E-state index < -0.39 is 0 Å². The highest BCUT2D eigenvalue weighted by atomic mass is 16.4. The lowest BCUT2D eigenvalue weighted by atomic mass is 10.00. The highest BCUT2D eigenvalue weighted by Gasteiger charge is 2.42. The topological polar surface area (TPSA) is 95.0 Å². The van der Waals surface area contributed by atoms with Crippen LogP contribution in [0.2, 0.25) is 0 Å². The van der Waals surface area contributed by atoms with Gasteiger partial charge in [0.25, 0.3) is 0 Å². The van der Waals surface area contributed by atoms with Crippen molar-refractivity contribution in [2.24, 2.45) is 22.7 Å². The van der Waals surface area contributed by atoms with E-state index in [1.807, 2.05) is 6.07 Å². The summed E-state index contributed by atoms with van der Waals surface area (Å²) < 4.78 is 0. The average Bonchev–Trinajstić information content (AvgIpc) is 3.01. The lowest BCUT2D eigenvalue weighted by Gasteiger charge is -2.19. The molecule has 1 aliphatic heterocycles. The van der Waals surface area contributed by atoms with Gasteiger partial charge in [0.05, 0.1) is 6.10 Å². The Morgan fingerprint density at radius 1 is 1.37 bits per heavy atom. The number of nitrogens with two attached hydrogens (primary N) is 1. The Morgan fingerprint density at radius 3 is 2.84 bits per heavy atom. The van der Waals surface area contributed by atoms with Gasteiger partial charge in [-0.15, -0.1) is 0 Å². The number of nitrogens with zero attached hydrogens (tertiary/aromatic N) is 3. The van der Waals surface area contributed by atoms with Crippen molar-refractivity contribution < 1.29 is 10.3 Å². The number of anilines is 1. The number of oxime groups is 1. The average molecular weight is 262 g/mol. The van der Waals surface area contributed by atoms with Crippen LogP contribution in [0.5, 0.6) is 0 Å². The van der Waals surface area contributed by atoms with Gasteiger partial charge in [-0.25, -0.2) is 4.98 Å². The predicted octanol–water partition coefficient (Wildman–Crippen LogP) is 0.383. The Balaban J connectivity index is 1.74. The largest absolute Gasteiger partial charge is 0.409 e. The predicted molar refractivity (Wildman–Crippen MR) is 71.2 cm³/mol. The number of amidine groups is 1. The molecule has 1 aromatic heterocycles. The monoisotopic (exact) mass is 262 g/mol. The first-order valence-corrected chi connectivity index (χ1v) is 6.56. The smallest absolute Gasteiger partial charge is 0.171 e. The van der Waals surface area contributed by atoms with Crippen LogP contribution in [0.4, 0.5) is 5.82 Å². The third kappa shape index (κ3) is 2.12. The molecule has 6 heteroatoms. The van der Waals surface area contributed by atoms with Crippen LogP contribution in [0.15, 0.2) is 23.5 Å². The van der Waals surface area contributed by atoms with Crippen LogP contribution in [0.3, 0.4) is 0 Å². The summed E-state index contributed by atoms with van der Waals surface area (Å²) in [6.07, 6.45) is 3.48. The zero-order valence-corrected chi connectivity index (χ0v) is 10.6. The fraction of sp³-hybridized carbons (Fsp3) is 0.538. The quantitative estimate of drug-likeness (QED) is 0.310. The Labute approximate surface area is 111 Å². The first-order valence-electron chi connectivity index (χ1n) is 6.56. The van der Waals surface area contributed by atoms with Gasteiger partial charge >= 0.3 is 0 Å². The van der Waals surface area contributed by atoms with Gasteiger partial charge in [-0.05, 0) is 30.9 Å². The maximum Gasteiger partial charge on any atom is 0.171 e. The van der Waals surface area contributed by atoms with Gasteiger partial charge in [-0.2, -0.15) is 0 Å². The fourth-order valence-electron chi connectivity index (χ4n) is 3.21. The highest BCUT2D eigenvalue weighted by Crippen LogP contribution is 2.39. The molecule has 1 saturated carbocycles. The summed E-state index contributed by atoms with van der Waals surface area (Å²) in [6.45, 7) is 1.82. The first kappa shape index (κ1) is 12.2. The summed E-state index contributed by atoms with van der Waals surface area (Å²) in [4.78, 5) is 6.56. The number of fused-ring (bicyclic) bond motifs is 1. The van der Waals surface area contributed by atoms with Gasteiger partial charge in [0.15, 0.2) is 5.84 Å². The molecule has 2 aliphatic rings. The Hall–Kier alpha value is -1.82. The molecule has 3 unspecified atom stereocenters. The molecule has 4 N–H and O–H groups in total. The molecule has 2 heterocycles. The van der Waals surface area contributed by atoms with Crippen molar-refractivity contribution >= 4 is 11.7 Å². The van der Waals surface area contributed by atoms with E-state index >= 15 is 0 Å². The summed E-state index contributed by atoms with van der Waals surface area (Å²) in [5.41, 5.74) is 6.11. The molecule has 0 radical (unpaired) electrons. The molecule has 1 aliphatic carbocycles. The van der Waals surface area contributed by atoms with E-state index in [9.17, 15) is 5.11 Å². The molecule has 1 saturated heterocycles. The summed E-state index contributed by atoms with van der Waals surface area (Å²) in [5, 5.41) is 21.5. The Morgan fingerprint density at radius 2 is 2.21 bits per heavy atom. The van der Waals surface area contributed by atoms with Crippen LogP contribution < -0.4 is 10.6 Å². The molecule has 1 aromatic rings. The molecule has 3 rings (SSSR count). The summed E-state index contributed by atoms with van der Waals surface area (Å²) in [6, 6.07) is 3.67. The summed E-state index contributed by atoms with van der Waals surface area (Å²) in [7, 11) is 0. The maximum atomic E-state index is 9.91. The molecule has 102 valence electrons. The van der Waals surface area contributed by atoms with Gasteiger partial charge in [0, 0.05) is 30.8 Å². The number of aromatic nitrogens is 1. The van der Waals surface area contributed by atoms with Gasteiger partial charge in [-0.1, -0.05) is 5.16 Å². The molecule has 19 heavy (non-hydrogen) atoms. The molecule has 2 fully saturated rings. The minimum absolute atomic E-state index is 0.0627. The van der Waals surface area contributed by atoms with Crippen LogP contribution in [-0.4, -0.2) is 40.3 Å². The first-order chi connectivity index (χ1) is 9.19. The third-order valence-corrected chi connectivity index (χ3v) is 4.29. The number of aliphatic hydroxyl groups is 1. The normalized spacial score (nSPS) is 30.7. The molecule has 0 amide bonds. The molecular formula is C13H18N4O2. The van der Waals surface area contributed by atoms with Crippen molar-refractivity contribution in [3.63, 3.8) is 0 Å². The zero-order chi connectivity index (χ0) is 13.4. The van der Waals surface area contributed by atoms with Crippen molar-refractivity contribution in [2.75, 3.05) is 18.0 Å². The van der Waals surface area contributed by atoms with Crippen LogP contribution in [0, 0.1) is 11.8 Å². The fourth-order valence-corrected chi connectivity index (χ4v) is 3.21. The van der Waals surface area contributed by atoms with Crippen molar-refractivity contribution in [1.29, 1.82) is 0 Å². The number of rotatable bonds is 2. The van der Waals surface area contributed by atoms with Gasteiger partial charge in [-0.3, -0.25) is 0 Å². The van der Waals surface area contributed by atoms with Crippen LogP contribution in [-0.2, 0) is 0 Å². The summed E-state index contributed by atoms with van der Waals surface area (Å²) in [5.74, 6) is 1.91. The number of hydrogen-bond donors (Lipinski definition) is 3. The lowest BCUT2D eigenvalue weighted by molar-refractivity contribution is 0.133. The minimum Gasteiger partial charge on any atom is -0.409 e. The van der Waals surface area contributed by atoms with Crippen LogP contribution in [0.25, 0.3) is 0 Å². The Bertz CT molecular complexity index is 488. The maximum absolute atomic E-state index is 9.91. The van der Waals surface area contributed by atoms with Crippen LogP contribution >= 0.6 is 0 Å². The van der Waals surface area contributed by atoms with Crippen molar-refractivity contribution in [2.45, 2.75) is 18.9 Å². The van der Waals surface area contributed by atoms with E-state index in [2.05, 4.69) is 15.0 Å². The van der Waals surface area contributed by atoms with Crippen molar-refractivity contribution in [3.8, 4) is 0 Å². The second-order valence-electron chi connectivity index (χ2n) is 5.36. The van der Waals surface area contributed by atoms with Gasteiger partial charge < -0.3 is 20.9 Å². The molecule has 3 atom stereocenters. The second kappa shape index (κ2) is 4.70. The van der Waals surface area contributed by atoms with Crippen LogP contribution in [0.1, 0.15) is 18.4 Å². The molecule has 6 nitrogen and oxygen atoms in total. The minimum atomic E-state index is -0.161. The summed E-state index contributed by atoms with van der Waals surface area (Å²) >= 11 is 0. The van der Waals surface area contributed by atoms with Gasteiger partial charge in [0.1, 0.15) is 5.82 Å². The lowest BCUT2D eigenvalue weighted by Crippen LogP contribution is -2.25. The van der Waals surface area contributed by atoms with Crippen molar-refractivity contribution in [1.82, 2.24) is 4.98 Å². The SMILES string of the molecule is N/C(=N/O)c1ccc(N2CC3CCC(O)C3C2)nc1. The highest BCUT2D eigenvalue weighted by molar-refractivity contribution is 5.96. The standard InChI is InChI=1S/C13H18N4O2/c14-13(16-19)8-2-4-12(15-5-8)17-6-9-1-3-11(18)10(9)7-17/h2,4-5,9-11,18-19H,1,3,6-7H2,(H2,14,16). The van der Waals surface area contributed by atoms with Crippen molar-refractivity contribution in [3.05, 3.63) is 23.9 Å². The van der Waals surface area contributed by atoms with E-state index in [1.165, 1.54) is 0 Å². The number of pyridine rings is 1. The van der Waals surface area contributed by atoms with E-state index in [0.29, 0.717) is 17.4 Å². The van der Waals surface area contributed by atoms with E-state index in [4.69, 9.17) is 10.9 Å². The van der Waals surface area contributed by atoms with Gasteiger partial charge in [0.2, 0.25) is 0 Å². The zero-order valence-electron chi connectivity index (χ0n) is 10.6. The second-order valence-corrected chi connectivity index (χ2v) is 5.36. The molecular weight excluding hydrogens is 244 g/mol. The third-order valence-electron chi connectivity index (χ3n) is 4.29. The van der Waals surface area contributed by atoms with E-state index in [1.54, 1.807) is 12.3 Å².